The third-order valence-corrected chi connectivity index (χ3v) is 7.68. The molecule has 8 heteroatoms. The van der Waals surface area contributed by atoms with E-state index in [4.69, 9.17) is 24.4 Å². The highest BCUT2D eigenvalue weighted by atomic mass is 79.9. The number of hydrogen-bond donors (Lipinski definition) is 0. The summed E-state index contributed by atoms with van der Waals surface area (Å²) in [6, 6.07) is 2.79. The van der Waals surface area contributed by atoms with E-state index in [0.29, 0.717) is 25.1 Å². The van der Waals surface area contributed by atoms with E-state index in [0.717, 1.165) is 64.4 Å². The highest BCUT2D eigenvalue weighted by Crippen LogP contribution is 2.46. The molecule has 0 radical (unpaired) electrons. The fourth-order valence-electron chi connectivity index (χ4n) is 4.92. The van der Waals surface area contributed by atoms with Crippen molar-refractivity contribution in [2.75, 3.05) is 58.5 Å². The van der Waals surface area contributed by atoms with Crippen LogP contribution in [0.15, 0.2) is 15.5 Å². The lowest BCUT2D eigenvalue weighted by Gasteiger charge is -2.25. The van der Waals surface area contributed by atoms with Gasteiger partial charge in [-0.25, -0.2) is 0 Å². The summed E-state index contributed by atoms with van der Waals surface area (Å²) in [7, 11) is 4.24. The molecular formula is C27H40BrN5O2. The lowest BCUT2D eigenvalue weighted by Crippen LogP contribution is -2.37. The van der Waals surface area contributed by atoms with E-state index in [1.165, 1.54) is 12.8 Å². The number of hydrogen-bond acceptors (Lipinski definition) is 7. The summed E-state index contributed by atoms with van der Waals surface area (Å²) in [5.74, 6) is 1.29. The smallest absolute Gasteiger partial charge is 0.318 e. The van der Waals surface area contributed by atoms with Crippen LogP contribution in [0.2, 0.25) is 0 Å². The van der Waals surface area contributed by atoms with Crippen LogP contribution in [-0.2, 0) is 4.74 Å². The van der Waals surface area contributed by atoms with Crippen molar-refractivity contribution in [1.82, 2.24) is 14.9 Å². The van der Waals surface area contributed by atoms with Crippen molar-refractivity contribution in [1.29, 1.82) is 0 Å². The summed E-state index contributed by atoms with van der Waals surface area (Å²) in [4.78, 5) is 19.5. The largest absolute Gasteiger partial charge is 0.463 e. The number of benzene rings is 1. The molecule has 3 heterocycles. The van der Waals surface area contributed by atoms with E-state index in [1.807, 2.05) is 13.8 Å². The second-order valence-corrected chi connectivity index (χ2v) is 11.1. The minimum Gasteiger partial charge on any atom is -0.463 e. The Bertz CT molecular complexity index is 1160. The van der Waals surface area contributed by atoms with Gasteiger partial charge in [0.1, 0.15) is 5.82 Å². The first-order valence-electron chi connectivity index (χ1n) is 13.1. The highest BCUT2D eigenvalue weighted by Gasteiger charge is 2.44. The van der Waals surface area contributed by atoms with Gasteiger partial charge in [-0.3, -0.25) is 4.99 Å². The van der Waals surface area contributed by atoms with Crippen molar-refractivity contribution in [3.63, 3.8) is 0 Å². The molecule has 0 N–H and O–H groups in total. The molecule has 2 aromatic rings. The molecule has 1 aromatic heterocycles. The molecular weight excluding hydrogens is 506 g/mol. The van der Waals surface area contributed by atoms with Gasteiger partial charge in [0.05, 0.1) is 35.5 Å². The Morgan fingerprint density at radius 2 is 1.94 bits per heavy atom. The summed E-state index contributed by atoms with van der Waals surface area (Å²) in [5.41, 5.74) is 1.13. The van der Waals surface area contributed by atoms with Crippen LogP contribution in [0.4, 0.5) is 5.82 Å². The summed E-state index contributed by atoms with van der Waals surface area (Å²) in [6.07, 6.45) is 5.70. The van der Waals surface area contributed by atoms with E-state index >= 15 is 0 Å². The minimum atomic E-state index is 0.229. The zero-order chi connectivity index (χ0) is 25.2. The first kappa shape index (κ1) is 26.3. The Morgan fingerprint density at radius 3 is 2.66 bits per heavy atom. The number of anilines is 1. The molecule has 1 saturated carbocycles. The van der Waals surface area contributed by atoms with Gasteiger partial charge in [0.25, 0.3) is 0 Å². The molecule has 2 unspecified atom stereocenters. The van der Waals surface area contributed by atoms with Gasteiger partial charge in [-0.05, 0) is 68.2 Å². The monoisotopic (exact) mass is 545 g/mol. The molecule has 7 nitrogen and oxygen atoms in total. The normalized spacial score (nSPS) is 22.9. The molecule has 3 aliphatic rings. The van der Waals surface area contributed by atoms with E-state index in [-0.39, 0.29) is 11.5 Å². The summed E-state index contributed by atoms with van der Waals surface area (Å²) < 4.78 is 13.0. The zero-order valence-electron chi connectivity index (χ0n) is 22.1. The van der Waals surface area contributed by atoms with E-state index in [1.54, 1.807) is 0 Å². The lowest BCUT2D eigenvalue weighted by atomic mass is 9.97. The first-order chi connectivity index (χ1) is 16.8. The standard InChI is InChI=1S/C25H34BrN5O2.C2H6/c1-16-12-18-21-20(13-19(26)22(18)27-17(16)2)28-24(33-15-25(6-7-25)14-30(3)4)29-23(21)31-8-5-10-32-11-9-31;1-2/h12-13,16-17H,5-11,14-15H2,1-4H3;1-2H3. The third-order valence-electron chi connectivity index (χ3n) is 7.07. The van der Waals surface area contributed by atoms with Gasteiger partial charge < -0.3 is 19.3 Å². The minimum absolute atomic E-state index is 0.229. The van der Waals surface area contributed by atoms with Gasteiger partial charge >= 0.3 is 6.01 Å². The Labute approximate surface area is 217 Å². The second-order valence-electron chi connectivity index (χ2n) is 10.2. The van der Waals surface area contributed by atoms with Crippen molar-refractivity contribution in [3.8, 4) is 6.01 Å². The number of ether oxygens (including phenoxy) is 2. The average Bonchev–Trinajstić information content (AvgIpc) is 3.63. The van der Waals surface area contributed by atoms with Crippen molar-refractivity contribution in [2.45, 2.75) is 53.0 Å². The predicted octanol–water partition coefficient (Wildman–Crippen LogP) is 3.80. The van der Waals surface area contributed by atoms with Crippen molar-refractivity contribution in [3.05, 3.63) is 21.1 Å². The Balaban J connectivity index is 0.00000141. The average molecular weight is 547 g/mol. The van der Waals surface area contributed by atoms with Crippen LogP contribution in [0.25, 0.3) is 17.0 Å². The molecule has 2 fully saturated rings. The quantitative estimate of drug-likeness (QED) is 0.550. The van der Waals surface area contributed by atoms with Gasteiger partial charge in [0, 0.05) is 41.3 Å². The predicted molar refractivity (Wildman–Crippen MR) is 146 cm³/mol. The fourth-order valence-corrected chi connectivity index (χ4v) is 5.46. The van der Waals surface area contributed by atoms with Gasteiger partial charge in [0.15, 0.2) is 0 Å². The molecule has 35 heavy (non-hydrogen) atoms. The molecule has 1 saturated heterocycles. The molecule has 0 amide bonds. The molecule has 0 bridgehead atoms. The molecule has 5 rings (SSSR count). The van der Waals surface area contributed by atoms with Gasteiger partial charge in [-0.15, -0.1) is 0 Å². The van der Waals surface area contributed by atoms with E-state index in [9.17, 15) is 0 Å². The second kappa shape index (κ2) is 11.1. The van der Waals surface area contributed by atoms with Crippen LogP contribution in [0, 0.1) is 11.3 Å². The summed E-state index contributed by atoms with van der Waals surface area (Å²) >= 11 is 3.76. The maximum absolute atomic E-state index is 6.27. The topological polar surface area (TPSA) is 63.1 Å². The van der Waals surface area contributed by atoms with Crippen molar-refractivity contribution < 1.29 is 9.47 Å². The molecule has 1 aromatic carbocycles. The summed E-state index contributed by atoms with van der Waals surface area (Å²) in [6.45, 7) is 13.3. The van der Waals surface area contributed by atoms with Crippen LogP contribution in [0.5, 0.6) is 6.01 Å². The van der Waals surface area contributed by atoms with E-state index < -0.39 is 0 Å². The van der Waals surface area contributed by atoms with Crippen LogP contribution in [0.1, 0.15) is 47.0 Å². The lowest BCUT2D eigenvalue weighted by molar-refractivity contribution is 0.152. The van der Waals surface area contributed by atoms with Gasteiger partial charge in [0.2, 0.25) is 0 Å². The molecule has 192 valence electrons. The molecule has 1 aliphatic carbocycles. The maximum Gasteiger partial charge on any atom is 0.318 e. The summed E-state index contributed by atoms with van der Waals surface area (Å²) in [5, 5.41) is 3.20. The Morgan fingerprint density at radius 1 is 1.17 bits per heavy atom. The van der Waals surface area contributed by atoms with Crippen LogP contribution in [-0.4, -0.2) is 74.5 Å². The van der Waals surface area contributed by atoms with Crippen LogP contribution >= 0.6 is 15.9 Å². The number of aromatic nitrogens is 2. The first-order valence-corrected chi connectivity index (χ1v) is 13.8. The number of halogens is 1. The molecule has 2 aliphatic heterocycles. The zero-order valence-corrected chi connectivity index (χ0v) is 23.7. The molecule has 0 spiro atoms. The number of fused-ring (bicyclic) bond motifs is 3. The van der Waals surface area contributed by atoms with Crippen molar-refractivity contribution in [2.24, 2.45) is 16.3 Å². The third kappa shape index (κ3) is 5.81. The van der Waals surface area contributed by atoms with Crippen molar-refractivity contribution >= 4 is 38.7 Å². The van der Waals surface area contributed by atoms with Gasteiger partial charge in [-0.2, -0.15) is 9.97 Å². The number of rotatable bonds is 6. The Hall–Kier alpha value is -1.77. The van der Waals surface area contributed by atoms with Crippen LogP contribution < -0.4 is 20.2 Å². The van der Waals surface area contributed by atoms with Gasteiger partial charge in [-0.1, -0.05) is 26.8 Å². The maximum atomic E-state index is 6.27. The van der Waals surface area contributed by atoms with Crippen LogP contribution in [0.3, 0.4) is 0 Å². The molecule has 2 atom stereocenters. The van der Waals surface area contributed by atoms with E-state index in [2.05, 4.69) is 65.8 Å². The highest BCUT2D eigenvalue weighted by molar-refractivity contribution is 9.10. The Kier molecular flexibility index (Phi) is 8.34. The fraction of sp³-hybridized carbons (Fsp3) is 0.667. The SMILES string of the molecule is CC.CC1C=c2c(c(Br)cc3nc(OCC4(CN(C)C)CC4)nc(N4CCCOCC4)c23)=NC1C. The number of nitrogens with zero attached hydrogens (tertiary/aromatic N) is 5.